The summed E-state index contributed by atoms with van der Waals surface area (Å²) in [5, 5.41) is 0.518. The lowest BCUT2D eigenvalue weighted by molar-refractivity contribution is 0.0524. The van der Waals surface area contributed by atoms with Gasteiger partial charge < -0.3 is 9.47 Å². The Balaban J connectivity index is 3.09. The first-order valence-electron chi connectivity index (χ1n) is 5.67. The first-order chi connectivity index (χ1) is 8.63. The molecule has 0 saturated carbocycles. The minimum absolute atomic E-state index is 0.296. The van der Waals surface area contributed by atoms with Crippen LogP contribution in [-0.4, -0.2) is 25.2 Å². The Kier molecular flexibility index (Phi) is 5.85. The molecule has 4 nitrogen and oxygen atoms in total. The van der Waals surface area contributed by atoms with Gasteiger partial charge in [-0.25, -0.2) is 9.59 Å². The number of halogens is 1. The summed E-state index contributed by atoms with van der Waals surface area (Å²) in [7, 11) is 0. The maximum absolute atomic E-state index is 11.8. The van der Waals surface area contributed by atoms with Crippen molar-refractivity contribution < 1.29 is 19.1 Å². The Morgan fingerprint density at radius 2 is 1.72 bits per heavy atom. The number of carbonyl (C=O) groups is 2. The van der Waals surface area contributed by atoms with Crippen LogP contribution in [0.1, 0.15) is 40.1 Å². The highest BCUT2D eigenvalue weighted by Gasteiger charge is 2.16. The number of ether oxygens (including phenoxy) is 2. The SMILES string of the molecule is CCOC(=O)c1ccc(CBr)c(C(=O)OCC)c1. The van der Waals surface area contributed by atoms with Gasteiger partial charge in [0.25, 0.3) is 0 Å². The molecule has 0 aliphatic carbocycles. The molecule has 18 heavy (non-hydrogen) atoms. The van der Waals surface area contributed by atoms with E-state index in [4.69, 9.17) is 9.47 Å². The topological polar surface area (TPSA) is 52.6 Å². The number of carbonyl (C=O) groups excluding carboxylic acids is 2. The van der Waals surface area contributed by atoms with Crippen LogP contribution in [0.15, 0.2) is 18.2 Å². The Morgan fingerprint density at radius 1 is 1.11 bits per heavy atom. The van der Waals surface area contributed by atoms with Crippen molar-refractivity contribution in [2.45, 2.75) is 19.2 Å². The quantitative estimate of drug-likeness (QED) is 0.619. The summed E-state index contributed by atoms with van der Waals surface area (Å²) < 4.78 is 9.85. The van der Waals surface area contributed by atoms with Crippen molar-refractivity contribution in [3.05, 3.63) is 34.9 Å². The van der Waals surface area contributed by atoms with Crippen molar-refractivity contribution in [3.8, 4) is 0 Å². The Bertz CT molecular complexity index is 443. The zero-order chi connectivity index (χ0) is 13.5. The van der Waals surface area contributed by atoms with Gasteiger partial charge in [0.2, 0.25) is 0 Å². The highest BCUT2D eigenvalue weighted by Crippen LogP contribution is 2.17. The zero-order valence-corrected chi connectivity index (χ0v) is 12.0. The molecule has 0 aliphatic rings. The standard InChI is InChI=1S/C13H15BrO4/c1-3-17-12(15)9-5-6-10(8-14)11(7-9)13(16)18-4-2/h5-7H,3-4,8H2,1-2H3. The van der Waals surface area contributed by atoms with Crippen LogP contribution < -0.4 is 0 Å². The second kappa shape index (κ2) is 7.16. The highest BCUT2D eigenvalue weighted by atomic mass is 79.9. The molecule has 0 amide bonds. The van der Waals surface area contributed by atoms with Gasteiger partial charge in [-0.2, -0.15) is 0 Å². The fourth-order valence-electron chi connectivity index (χ4n) is 1.43. The summed E-state index contributed by atoms with van der Waals surface area (Å²) >= 11 is 3.30. The van der Waals surface area contributed by atoms with Crippen molar-refractivity contribution in [1.29, 1.82) is 0 Å². The first-order valence-corrected chi connectivity index (χ1v) is 6.79. The predicted molar refractivity (Wildman–Crippen MR) is 71.0 cm³/mol. The molecule has 0 spiro atoms. The molecule has 98 valence electrons. The van der Waals surface area contributed by atoms with Gasteiger partial charge in [-0.05, 0) is 31.5 Å². The molecule has 0 N–H and O–H groups in total. The zero-order valence-electron chi connectivity index (χ0n) is 10.4. The number of rotatable bonds is 5. The molecular formula is C13H15BrO4. The lowest BCUT2D eigenvalue weighted by Crippen LogP contribution is -2.11. The van der Waals surface area contributed by atoms with Crippen LogP contribution in [0.5, 0.6) is 0 Å². The number of alkyl halides is 1. The number of hydrogen-bond acceptors (Lipinski definition) is 4. The van der Waals surface area contributed by atoms with Crippen LogP contribution in [0.3, 0.4) is 0 Å². The van der Waals surface area contributed by atoms with Gasteiger partial charge in [0, 0.05) is 5.33 Å². The molecule has 0 heterocycles. The van der Waals surface area contributed by atoms with Crippen molar-refractivity contribution >= 4 is 27.9 Å². The van der Waals surface area contributed by atoms with Gasteiger partial charge in [-0.3, -0.25) is 0 Å². The third-order valence-corrected chi connectivity index (χ3v) is 2.86. The van der Waals surface area contributed by atoms with Crippen molar-refractivity contribution in [2.75, 3.05) is 13.2 Å². The van der Waals surface area contributed by atoms with Crippen LogP contribution in [0, 0.1) is 0 Å². The fourth-order valence-corrected chi connectivity index (χ4v) is 1.92. The predicted octanol–water partition coefficient (Wildman–Crippen LogP) is 2.93. The van der Waals surface area contributed by atoms with E-state index in [1.54, 1.807) is 26.0 Å². The third kappa shape index (κ3) is 3.57. The van der Waals surface area contributed by atoms with Crippen LogP contribution >= 0.6 is 15.9 Å². The Hall–Kier alpha value is -1.36. The van der Waals surface area contributed by atoms with E-state index in [0.29, 0.717) is 29.7 Å². The maximum Gasteiger partial charge on any atom is 0.338 e. The molecule has 5 heteroatoms. The summed E-state index contributed by atoms with van der Waals surface area (Å²) in [5.41, 5.74) is 1.52. The average Bonchev–Trinajstić information content (AvgIpc) is 2.38. The monoisotopic (exact) mass is 314 g/mol. The fraction of sp³-hybridized carbons (Fsp3) is 0.385. The summed E-state index contributed by atoms with van der Waals surface area (Å²) in [6.45, 7) is 4.07. The molecular weight excluding hydrogens is 300 g/mol. The van der Waals surface area contributed by atoms with Gasteiger partial charge in [0.05, 0.1) is 24.3 Å². The van der Waals surface area contributed by atoms with E-state index >= 15 is 0 Å². The lowest BCUT2D eigenvalue weighted by atomic mass is 10.1. The van der Waals surface area contributed by atoms with E-state index in [-0.39, 0.29) is 0 Å². The molecule has 0 unspecified atom stereocenters. The number of hydrogen-bond donors (Lipinski definition) is 0. The van der Waals surface area contributed by atoms with E-state index in [9.17, 15) is 9.59 Å². The maximum atomic E-state index is 11.8. The summed E-state index contributed by atoms with van der Waals surface area (Å²) in [4.78, 5) is 23.4. The molecule has 0 aromatic heterocycles. The molecule has 0 atom stereocenters. The van der Waals surface area contributed by atoms with Crippen molar-refractivity contribution in [2.24, 2.45) is 0 Å². The van der Waals surface area contributed by atoms with E-state index in [0.717, 1.165) is 5.56 Å². The summed E-state index contributed by atoms with van der Waals surface area (Å²) in [6, 6.07) is 4.86. The molecule has 1 aromatic carbocycles. The highest BCUT2D eigenvalue weighted by molar-refractivity contribution is 9.08. The molecule has 0 saturated heterocycles. The smallest absolute Gasteiger partial charge is 0.338 e. The largest absolute Gasteiger partial charge is 0.462 e. The van der Waals surface area contributed by atoms with Crippen molar-refractivity contribution in [3.63, 3.8) is 0 Å². The lowest BCUT2D eigenvalue weighted by Gasteiger charge is -2.09. The molecule has 0 fully saturated rings. The van der Waals surface area contributed by atoms with E-state index in [2.05, 4.69) is 15.9 Å². The second-order valence-electron chi connectivity index (χ2n) is 3.45. The Labute approximate surface area is 114 Å². The minimum Gasteiger partial charge on any atom is -0.462 e. The molecule has 0 aliphatic heterocycles. The molecule has 0 radical (unpaired) electrons. The normalized spacial score (nSPS) is 9.94. The van der Waals surface area contributed by atoms with Crippen LogP contribution in [0.2, 0.25) is 0 Å². The van der Waals surface area contributed by atoms with Gasteiger partial charge in [0.15, 0.2) is 0 Å². The van der Waals surface area contributed by atoms with Gasteiger partial charge in [-0.1, -0.05) is 22.0 Å². The van der Waals surface area contributed by atoms with E-state index in [1.807, 2.05) is 0 Å². The Morgan fingerprint density at radius 3 is 2.28 bits per heavy atom. The third-order valence-electron chi connectivity index (χ3n) is 2.26. The summed E-state index contributed by atoms with van der Waals surface area (Å²) in [5.74, 6) is -0.873. The van der Waals surface area contributed by atoms with E-state index < -0.39 is 11.9 Å². The van der Waals surface area contributed by atoms with Gasteiger partial charge in [0.1, 0.15) is 0 Å². The van der Waals surface area contributed by atoms with Crippen molar-refractivity contribution in [1.82, 2.24) is 0 Å². The number of benzene rings is 1. The number of esters is 2. The first kappa shape index (κ1) is 14.7. The summed E-state index contributed by atoms with van der Waals surface area (Å²) in [6.07, 6.45) is 0. The van der Waals surface area contributed by atoms with Crippen LogP contribution in [0.4, 0.5) is 0 Å². The molecule has 1 aromatic rings. The molecule has 1 rings (SSSR count). The van der Waals surface area contributed by atoms with Crippen LogP contribution in [0.25, 0.3) is 0 Å². The van der Waals surface area contributed by atoms with E-state index in [1.165, 1.54) is 6.07 Å². The average molecular weight is 315 g/mol. The van der Waals surface area contributed by atoms with Gasteiger partial charge >= 0.3 is 11.9 Å². The van der Waals surface area contributed by atoms with Crippen LogP contribution in [-0.2, 0) is 14.8 Å². The van der Waals surface area contributed by atoms with Gasteiger partial charge in [-0.15, -0.1) is 0 Å². The molecule has 0 bridgehead atoms. The second-order valence-corrected chi connectivity index (χ2v) is 4.01. The minimum atomic E-state index is -0.441.